The van der Waals surface area contributed by atoms with Gasteiger partial charge in [-0.3, -0.25) is 4.79 Å². The number of carbonyl (C=O) groups is 2. The molecule has 0 amide bonds. The van der Waals surface area contributed by atoms with Gasteiger partial charge in [0.05, 0.1) is 33.7 Å². The molecule has 0 unspecified atom stereocenters. The molecule has 0 saturated carbocycles. The SMILES string of the molecule is CC(C)(Oc1cccc(C(=O)c2ccc(Cl)cc2)c1)C(=O)[O-].C[N+](C)(C)CCO. The summed E-state index contributed by atoms with van der Waals surface area (Å²) in [5.41, 5.74) is -0.600. The van der Waals surface area contributed by atoms with Gasteiger partial charge in [0.15, 0.2) is 5.78 Å². The number of nitrogens with zero attached hydrogens (tertiary/aromatic N) is 1. The normalized spacial score (nSPS) is 11.3. The molecular formula is C22H28ClNO5. The van der Waals surface area contributed by atoms with E-state index in [2.05, 4.69) is 21.1 Å². The summed E-state index contributed by atoms with van der Waals surface area (Å²) in [5, 5.41) is 19.9. The van der Waals surface area contributed by atoms with Crippen LogP contribution in [-0.2, 0) is 4.79 Å². The Morgan fingerprint density at radius 1 is 1.07 bits per heavy atom. The number of quaternary nitrogens is 1. The molecule has 0 aromatic heterocycles. The molecule has 0 saturated heterocycles. The number of aliphatic carboxylic acids is 1. The number of likely N-dealkylation sites (N-methyl/N-ethyl adjacent to an activating group) is 1. The number of carbonyl (C=O) groups excluding carboxylic acids is 2. The highest BCUT2D eigenvalue weighted by atomic mass is 35.5. The Bertz CT molecular complexity index is 826. The minimum atomic E-state index is -1.48. The smallest absolute Gasteiger partial charge is 0.193 e. The molecule has 0 aliphatic rings. The lowest BCUT2D eigenvalue weighted by atomic mass is 10.0. The summed E-state index contributed by atoms with van der Waals surface area (Å²) in [6.07, 6.45) is 0. The number of hydrogen-bond donors (Lipinski definition) is 1. The zero-order valence-electron chi connectivity index (χ0n) is 17.4. The van der Waals surface area contributed by atoms with Gasteiger partial charge in [0.1, 0.15) is 17.9 Å². The van der Waals surface area contributed by atoms with Crippen molar-refractivity contribution in [1.82, 2.24) is 0 Å². The number of benzene rings is 2. The Hall–Kier alpha value is -2.41. The summed E-state index contributed by atoms with van der Waals surface area (Å²) < 4.78 is 6.22. The largest absolute Gasteiger partial charge is 0.546 e. The number of ether oxygens (including phenoxy) is 1. The van der Waals surface area contributed by atoms with Crippen molar-refractivity contribution in [3.8, 4) is 5.75 Å². The van der Waals surface area contributed by atoms with Gasteiger partial charge in [0.2, 0.25) is 0 Å². The fourth-order valence-electron chi connectivity index (χ4n) is 2.11. The molecule has 0 bridgehead atoms. The number of halogens is 1. The zero-order valence-corrected chi connectivity index (χ0v) is 18.2. The minimum Gasteiger partial charge on any atom is -0.546 e. The molecular weight excluding hydrogens is 394 g/mol. The van der Waals surface area contributed by atoms with Gasteiger partial charge in [0, 0.05) is 16.1 Å². The number of carboxylic acid groups (broad SMARTS) is 1. The summed E-state index contributed by atoms with van der Waals surface area (Å²) in [6, 6.07) is 12.9. The minimum absolute atomic E-state index is 0.201. The molecule has 2 aromatic rings. The highest BCUT2D eigenvalue weighted by molar-refractivity contribution is 6.30. The van der Waals surface area contributed by atoms with Crippen LogP contribution in [0.2, 0.25) is 5.02 Å². The molecule has 0 aliphatic heterocycles. The molecule has 2 rings (SSSR count). The second-order valence-corrected chi connectivity index (χ2v) is 8.44. The number of hydrogen-bond acceptors (Lipinski definition) is 5. The van der Waals surface area contributed by atoms with Crippen LogP contribution in [0.1, 0.15) is 29.8 Å². The lowest BCUT2D eigenvalue weighted by molar-refractivity contribution is -0.870. The van der Waals surface area contributed by atoms with Crippen molar-refractivity contribution in [1.29, 1.82) is 0 Å². The standard InChI is InChI=1S/C17H15ClO4.C5H14NO/c1-17(2,16(20)21)22-14-5-3-4-12(10-14)15(19)11-6-8-13(18)9-7-11;1-6(2,3)4-5-7/h3-10H,1-2H3,(H,20,21);7H,4-5H2,1-3H3/q;+1/p-1. The summed E-state index contributed by atoms with van der Waals surface area (Å²) >= 11 is 5.80. The second-order valence-electron chi connectivity index (χ2n) is 8.00. The summed E-state index contributed by atoms with van der Waals surface area (Å²) in [4.78, 5) is 23.4. The highest BCUT2D eigenvalue weighted by Gasteiger charge is 2.22. The molecule has 0 radical (unpaired) electrons. The van der Waals surface area contributed by atoms with Gasteiger partial charge in [-0.1, -0.05) is 23.7 Å². The van der Waals surface area contributed by atoms with Crippen molar-refractivity contribution in [2.45, 2.75) is 19.4 Å². The van der Waals surface area contributed by atoms with Gasteiger partial charge in [-0.2, -0.15) is 0 Å². The maximum atomic E-state index is 12.4. The van der Waals surface area contributed by atoms with E-state index >= 15 is 0 Å². The first-order valence-corrected chi connectivity index (χ1v) is 9.45. The predicted molar refractivity (Wildman–Crippen MR) is 111 cm³/mol. The Balaban J connectivity index is 0.000000516. The van der Waals surface area contributed by atoms with Gasteiger partial charge in [-0.05, 0) is 50.2 Å². The fraction of sp³-hybridized carbons (Fsp3) is 0.364. The van der Waals surface area contributed by atoms with E-state index in [-0.39, 0.29) is 18.1 Å². The zero-order chi connectivity index (χ0) is 22.2. The lowest BCUT2D eigenvalue weighted by Crippen LogP contribution is -2.47. The Kier molecular flexibility index (Phi) is 8.82. The maximum absolute atomic E-state index is 12.4. The molecule has 0 fully saturated rings. The van der Waals surface area contributed by atoms with Gasteiger partial charge >= 0.3 is 0 Å². The number of ketones is 1. The number of aliphatic hydroxyl groups excluding tert-OH is 1. The van der Waals surface area contributed by atoms with Crippen LogP contribution in [0.3, 0.4) is 0 Å². The molecule has 0 spiro atoms. The van der Waals surface area contributed by atoms with Crippen LogP contribution in [0.15, 0.2) is 48.5 Å². The average Bonchev–Trinajstić information content (AvgIpc) is 2.61. The first-order valence-electron chi connectivity index (χ1n) is 9.08. The quantitative estimate of drug-likeness (QED) is 0.547. The van der Waals surface area contributed by atoms with Crippen LogP contribution in [0.5, 0.6) is 5.75 Å². The van der Waals surface area contributed by atoms with Gasteiger partial charge in [0.25, 0.3) is 0 Å². The molecule has 6 nitrogen and oxygen atoms in total. The maximum Gasteiger partial charge on any atom is 0.193 e. The van der Waals surface area contributed by atoms with E-state index in [0.717, 1.165) is 11.0 Å². The van der Waals surface area contributed by atoms with Crippen LogP contribution in [0, 0.1) is 0 Å². The number of rotatable bonds is 7. The topological polar surface area (TPSA) is 86.7 Å². The van der Waals surface area contributed by atoms with E-state index in [1.54, 1.807) is 42.5 Å². The third-order valence-electron chi connectivity index (χ3n) is 3.84. The van der Waals surface area contributed by atoms with Crippen molar-refractivity contribution in [2.75, 3.05) is 34.3 Å². The van der Waals surface area contributed by atoms with Crippen LogP contribution in [0.4, 0.5) is 0 Å². The van der Waals surface area contributed by atoms with Crippen LogP contribution >= 0.6 is 11.6 Å². The molecule has 0 aliphatic carbocycles. The first-order chi connectivity index (χ1) is 13.4. The van der Waals surface area contributed by atoms with Crippen molar-refractivity contribution < 1.29 is 29.0 Å². The molecule has 1 N–H and O–H groups in total. The predicted octanol–water partition coefficient (Wildman–Crippen LogP) is 2.16. The third kappa shape index (κ3) is 8.64. The van der Waals surface area contributed by atoms with Crippen molar-refractivity contribution in [2.24, 2.45) is 0 Å². The van der Waals surface area contributed by atoms with Crippen molar-refractivity contribution >= 4 is 23.4 Å². The van der Waals surface area contributed by atoms with E-state index in [0.29, 0.717) is 16.1 Å². The Morgan fingerprint density at radius 2 is 1.66 bits per heavy atom. The number of aliphatic hydroxyl groups is 1. The number of carboxylic acids is 1. The monoisotopic (exact) mass is 421 g/mol. The Morgan fingerprint density at radius 3 is 2.10 bits per heavy atom. The van der Waals surface area contributed by atoms with Crippen molar-refractivity contribution in [3.05, 3.63) is 64.7 Å². The molecule has 7 heteroatoms. The van der Waals surface area contributed by atoms with E-state index in [1.165, 1.54) is 19.9 Å². The molecule has 2 aromatic carbocycles. The molecule has 0 atom stereocenters. The third-order valence-corrected chi connectivity index (χ3v) is 4.09. The van der Waals surface area contributed by atoms with E-state index in [4.69, 9.17) is 21.4 Å². The van der Waals surface area contributed by atoms with Gasteiger partial charge in [-0.25, -0.2) is 0 Å². The van der Waals surface area contributed by atoms with Crippen LogP contribution < -0.4 is 9.84 Å². The van der Waals surface area contributed by atoms with Crippen LogP contribution in [0.25, 0.3) is 0 Å². The summed E-state index contributed by atoms with van der Waals surface area (Å²) in [5.74, 6) is -1.25. The first kappa shape index (κ1) is 24.6. The second kappa shape index (κ2) is 10.4. The molecule has 158 valence electrons. The summed E-state index contributed by atoms with van der Waals surface area (Å²) in [6.45, 7) is 3.88. The van der Waals surface area contributed by atoms with Crippen molar-refractivity contribution in [3.63, 3.8) is 0 Å². The van der Waals surface area contributed by atoms with Crippen LogP contribution in [-0.4, -0.2) is 61.2 Å². The average molecular weight is 422 g/mol. The fourth-order valence-corrected chi connectivity index (χ4v) is 2.23. The summed E-state index contributed by atoms with van der Waals surface area (Å²) in [7, 11) is 6.16. The van der Waals surface area contributed by atoms with Gasteiger partial charge < -0.3 is 24.2 Å². The highest BCUT2D eigenvalue weighted by Crippen LogP contribution is 2.21. The van der Waals surface area contributed by atoms with E-state index in [9.17, 15) is 14.7 Å². The van der Waals surface area contributed by atoms with E-state index in [1.807, 2.05) is 0 Å². The Labute approximate surface area is 176 Å². The lowest BCUT2D eigenvalue weighted by Gasteiger charge is -2.27. The molecule has 0 heterocycles. The van der Waals surface area contributed by atoms with Gasteiger partial charge in [-0.15, -0.1) is 0 Å². The van der Waals surface area contributed by atoms with E-state index < -0.39 is 11.6 Å². The molecule has 29 heavy (non-hydrogen) atoms.